The Bertz CT molecular complexity index is 567. The zero-order valence-electron chi connectivity index (χ0n) is 15.7. The molecule has 26 heavy (non-hydrogen) atoms. The number of halogens is 2. The van der Waals surface area contributed by atoms with Crippen molar-refractivity contribution in [2.45, 2.75) is 57.0 Å². The smallest absolute Gasteiger partial charge is 0.231 e. The molecule has 0 N–H and O–H groups in total. The van der Waals surface area contributed by atoms with Crippen LogP contribution in [-0.4, -0.2) is 55.4 Å². The number of rotatable bonds is 5. The highest BCUT2D eigenvalue weighted by Crippen LogP contribution is 2.33. The van der Waals surface area contributed by atoms with Gasteiger partial charge in [-0.1, -0.05) is 18.9 Å². The summed E-state index contributed by atoms with van der Waals surface area (Å²) in [5, 5.41) is 0. The number of nitrogens with zero attached hydrogens (tertiary/aromatic N) is 2. The number of benzene rings is 1. The summed E-state index contributed by atoms with van der Waals surface area (Å²) in [4.78, 5) is 5.38. The Hall–Kier alpha value is -0.300. The van der Waals surface area contributed by atoms with Gasteiger partial charge in [-0.3, -0.25) is 4.90 Å². The van der Waals surface area contributed by atoms with Crippen molar-refractivity contribution in [3.63, 3.8) is 0 Å². The van der Waals surface area contributed by atoms with Gasteiger partial charge in [0, 0.05) is 18.6 Å². The second-order valence-corrected chi connectivity index (χ2v) is 7.58. The Morgan fingerprint density at radius 1 is 1.00 bits per heavy atom. The molecule has 0 spiro atoms. The van der Waals surface area contributed by atoms with Crippen molar-refractivity contribution < 1.29 is 9.47 Å². The summed E-state index contributed by atoms with van der Waals surface area (Å²) in [7, 11) is 2.33. The number of hydrogen-bond acceptors (Lipinski definition) is 4. The van der Waals surface area contributed by atoms with Gasteiger partial charge in [0.25, 0.3) is 0 Å². The fourth-order valence-corrected chi connectivity index (χ4v) is 4.67. The predicted octanol–water partition coefficient (Wildman–Crippen LogP) is 4.45. The molecule has 1 saturated carbocycles. The molecule has 1 aliphatic carbocycles. The van der Waals surface area contributed by atoms with E-state index in [9.17, 15) is 0 Å². The third kappa shape index (κ3) is 4.94. The molecule has 0 bridgehead atoms. The van der Waals surface area contributed by atoms with Crippen LogP contribution in [0.15, 0.2) is 18.2 Å². The van der Waals surface area contributed by atoms with Crippen LogP contribution in [0.1, 0.15) is 44.1 Å². The van der Waals surface area contributed by atoms with Crippen LogP contribution in [0.25, 0.3) is 0 Å². The molecule has 0 unspecified atom stereocenters. The molecule has 2 aliphatic heterocycles. The minimum Gasteiger partial charge on any atom is -0.454 e. The van der Waals surface area contributed by atoms with E-state index in [1.807, 2.05) is 6.07 Å². The minimum atomic E-state index is 0. The maximum atomic E-state index is 5.50. The molecular formula is C20H32Br2N2O2. The van der Waals surface area contributed by atoms with Gasteiger partial charge in [0.1, 0.15) is 0 Å². The van der Waals surface area contributed by atoms with Crippen molar-refractivity contribution in [2.75, 3.05) is 33.5 Å². The molecule has 6 heteroatoms. The number of ether oxygens (including phenoxy) is 2. The summed E-state index contributed by atoms with van der Waals surface area (Å²) in [6.45, 7) is 4.11. The van der Waals surface area contributed by atoms with E-state index in [2.05, 4.69) is 29.0 Å². The number of likely N-dealkylation sites (tertiary alicyclic amines) is 1. The normalized spacial score (nSPS) is 25.0. The van der Waals surface area contributed by atoms with E-state index >= 15 is 0 Å². The predicted molar refractivity (Wildman–Crippen MR) is 116 cm³/mol. The molecule has 2 heterocycles. The highest BCUT2D eigenvalue weighted by atomic mass is 79.9. The zero-order valence-corrected chi connectivity index (χ0v) is 19.1. The molecule has 4 rings (SSSR count). The lowest BCUT2D eigenvalue weighted by Crippen LogP contribution is -2.51. The first-order chi connectivity index (χ1) is 11.8. The SMILES string of the molecule is Br.Br.CN(CCc1ccc2c(c1)OCO2)[C@@H]1CCCC[C@@H]1N1CCCC1. The van der Waals surface area contributed by atoms with Crippen LogP contribution in [0.2, 0.25) is 0 Å². The largest absolute Gasteiger partial charge is 0.454 e. The van der Waals surface area contributed by atoms with Crippen LogP contribution < -0.4 is 9.47 Å². The fraction of sp³-hybridized carbons (Fsp3) is 0.700. The van der Waals surface area contributed by atoms with Gasteiger partial charge >= 0.3 is 0 Å². The second kappa shape index (κ2) is 10.3. The van der Waals surface area contributed by atoms with E-state index in [1.54, 1.807) is 0 Å². The molecule has 1 aromatic carbocycles. The van der Waals surface area contributed by atoms with E-state index in [0.717, 1.165) is 36.5 Å². The van der Waals surface area contributed by atoms with E-state index in [4.69, 9.17) is 9.47 Å². The highest BCUT2D eigenvalue weighted by molar-refractivity contribution is 8.93. The molecule has 1 aromatic rings. The molecule has 0 aromatic heterocycles. The molecular weight excluding hydrogens is 460 g/mol. The van der Waals surface area contributed by atoms with Gasteiger partial charge in [-0.05, 0) is 69.9 Å². The molecule has 3 aliphatic rings. The topological polar surface area (TPSA) is 24.9 Å². The summed E-state index contributed by atoms with van der Waals surface area (Å²) < 4.78 is 10.9. The van der Waals surface area contributed by atoms with Crippen LogP contribution in [0, 0.1) is 0 Å². The molecule has 148 valence electrons. The minimum absolute atomic E-state index is 0. The first kappa shape index (κ1) is 22.0. The van der Waals surface area contributed by atoms with Crippen molar-refractivity contribution >= 4 is 34.0 Å². The van der Waals surface area contributed by atoms with Crippen LogP contribution in [0.4, 0.5) is 0 Å². The van der Waals surface area contributed by atoms with Crippen LogP contribution >= 0.6 is 34.0 Å². The van der Waals surface area contributed by atoms with Crippen molar-refractivity contribution in [3.05, 3.63) is 23.8 Å². The maximum absolute atomic E-state index is 5.50. The third-order valence-corrected chi connectivity index (χ3v) is 6.06. The lowest BCUT2D eigenvalue weighted by Gasteiger charge is -2.42. The first-order valence-corrected chi connectivity index (χ1v) is 9.64. The molecule has 1 saturated heterocycles. The average Bonchev–Trinajstić information content (AvgIpc) is 3.30. The fourth-order valence-electron chi connectivity index (χ4n) is 4.67. The summed E-state index contributed by atoms with van der Waals surface area (Å²) in [5.41, 5.74) is 1.35. The van der Waals surface area contributed by atoms with E-state index in [1.165, 1.54) is 57.2 Å². The van der Waals surface area contributed by atoms with Gasteiger partial charge in [0.05, 0.1) is 0 Å². The summed E-state index contributed by atoms with van der Waals surface area (Å²) in [6.07, 6.45) is 9.42. The van der Waals surface area contributed by atoms with Crippen molar-refractivity contribution in [3.8, 4) is 11.5 Å². The van der Waals surface area contributed by atoms with Gasteiger partial charge in [0.15, 0.2) is 11.5 Å². The molecule has 0 amide bonds. The van der Waals surface area contributed by atoms with E-state index in [-0.39, 0.29) is 34.0 Å². The Morgan fingerprint density at radius 2 is 1.73 bits per heavy atom. The highest BCUT2D eigenvalue weighted by Gasteiger charge is 2.33. The number of likely N-dealkylation sites (N-methyl/N-ethyl adjacent to an activating group) is 1. The summed E-state index contributed by atoms with van der Waals surface area (Å²) in [5.74, 6) is 1.79. The monoisotopic (exact) mass is 490 g/mol. The van der Waals surface area contributed by atoms with Crippen molar-refractivity contribution in [1.82, 2.24) is 9.80 Å². The lowest BCUT2D eigenvalue weighted by atomic mass is 9.88. The second-order valence-electron chi connectivity index (χ2n) is 7.58. The summed E-state index contributed by atoms with van der Waals surface area (Å²) >= 11 is 0. The molecule has 0 radical (unpaired) electrons. The van der Waals surface area contributed by atoms with Gasteiger partial charge < -0.3 is 14.4 Å². The van der Waals surface area contributed by atoms with Crippen molar-refractivity contribution in [2.24, 2.45) is 0 Å². The quantitative estimate of drug-likeness (QED) is 0.607. The van der Waals surface area contributed by atoms with E-state index in [0.29, 0.717) is 6.79 Å². The van der Waals surface area contributed by atoms with Gasteiger partial charge in [0.2, 0.25) is 6.79 Å². The Balaban J connectivity index is 0.00000121. The summed E-state index contributed by atoms with van der Waals surface area (Å²) in [6, 6.07) is 7.88. The molecule has 4 nitrogen and oxygen atoms in total. The Labute approximate surface area is 178 Å². The van der Waals surface area contributed by atoms with E-state index < -0.39 is 0 Å². The van der Waals surface area contributed by atoms with Crippen molar-refractivity contribution in [1.29, 1.82) is 0 Å². The standard InChI is InChI=1S/C20H30N2O2.2BrH/c1-21(13-10-16-8-9-19-20(14-16)24-15-23-19)17-6-2-3-7-18(17)22-11-4-5-12-22;;/h8-9,14,17-18H,2-7,10-13,15H2,1H3;2*1H/t17-,18+;;/m1../s1. The zero-order chi connectivity index (χ0) is 16.4. The molecule has 2 atom stereocenters. The Morgan fingerprint density at radius 3 is 2.54 bits per heavy atom. The number of fused-ring (bicyclic) bond motifs is 1. The average molecular weight is 492 g/mol. The van der Waals surface area contributed by atoms with Crippen LogP contribution in [-0.2, 0) is 6.42 Å². The van der Waals surface area contributed by atoms with Gasteiger partial charge in [-0.25, -0.2) is 0 Å². The lowest BCUT2D eigenvalue weighted by molar-refractivity contribution is 0.0771. The number of hydrogen-bond donors (Lipinski definition) is 0. The van der Waals surface area contributed by atoms with Crippen LogP contribution in [0.3, 0.4) is 0 Å². The maximum Gasteiger partial charge on any atom is 0.231 e. The molecule has 2 fully saturated rings. The first-order valence-electron chi connectivity index (χ1n) is 9.64. The van der Waals surface area contributed by atoms with Crippen LogP contribution in [0.5, 0.6) is 11.5 Å². The third-order valence-electron chi connectivity index (χ3n) is 6.06. The van der Waals surface area contributed by atoms with Gasteiger partial charge in [-0.15, -0.1) is 34.0 Å². The Kier molecular flexibility index (Phi) is 8.71. The van der Waals surface area contributed by atoms with Gasteiger partial charge in [-0.2, -0.15) is 0 Å².